The molecule has 1 unspecified atom stereocenters. The lowest BCUT2D eigenvalue weighted by Crippen LogP contribution is -2.43. The van der Waals surface area contributed by atoms with Crippen molar-refractivity contribution in [2.24, 2.45) is 0 Å². The van der Waals surface area contributed by atoms with Crippen LogP contribution in [0.25, 0.3) is 11.5 Å². The SMILES string of the molecule is Cc1ccccc1-c1nc(CCOc2cccc(CN3CCCCC3C(=O)O)c2)c(C)o1. The zero-order valence-electron chi connectivity index (χ0n) is 18.7. The van der Waals surface area contributed by atoms with Gasteiger partial charge in [0.2, 0.25) is 5.89 Å². The number of nitrogens with zero attached hydrogens (tertiary/aromatic N) is 2. The third kappa shape index (κ3) is 5.19. The number of oxazole rings is 1. The fourth-order valence-electron chi connectivity index (χ4n) is 4.28. The Labute approximate surface area is 188 Å². The van der Waals surface area contributed by atoms with E-state index in [0.717, 1.165) is 53.3 Å². The average molecular weight is 435 g/mol. The Morgan fingerprint density at radius 1 is 1.19 bits per heavy atom. The van der Waals surface area contributed by atoms with E-state index in [2.05, 4.69) is 9.88 Å². The van der Waals surface area contributed by atoms with Crippen LogP contribution in [-0.2, 0) is 17.8 Å². The maximum absolute atomic E-state index is 11.6. The molecule has 1 N–H and O–H groups in total. The molecular formula is C26H30N2O4. The van der Waals surface area contributed by atoms with E-state index in [4.69, 9.17) is 9.15 Å². The van der Waals surface area contributed by atoms with E-state index in [1.807, 2.05) is 62.4 Å². The van der Waals surface area contributed by atoms with E-state index < -0.39 is 12.0 Å². The summed E-state index contributed by atoms with van der Waals surface area (Å²) in [5.41, 5.74) is 4.10. The average Bonchev–Trinajstić information content (AvgIpc) is 3.15. The van der Waals surface area contributed by atoms with E-state index >= 15 is 0 Å². The van der Waals surface area contributed by atoms with Crippen molar-refractivity contribution in [1.29, 1.82) is 0 Å². The summed E-state index contributed by atoms with van der Waals surface area (Å²) in [4.78, 5) is 18.3. The highest BCUT2D eigenvalue weighted by Crippen LogP contribution is 2.25. The number of aromatic nitrogens is 1. The molecule has 1 saturated heterocycles. The first kappa shape index (κ1) is 22.1. The van der Waals surface area contributed by atoms with Crippen LogP contribution in [0.2, 0.25) is 0 Å². The Balaban J connectivity index is 1.36. The molecule has 6 heteroatoms. The van der Waals surface area contributed by atoms with Gasteiger partial charge in [-0.3, -0.25) is 9.69 Å². The number of likely N-dealkylation sites (tertiary alicyclic amines) is 1. The summed E-state index contributed by atoms with van der Waals surface area (Å²) in [6.45, 7) is 5.91. The number of hydrogen-bond acceptors (Lipinski definition) is 5. The number of carboxylic acid groups (broad SMARTS) is 1. The molecule has 1 fully saturated rings. The standard InChI is InChI=1S/C26H30N2O4/c1-18-8-3-4-11-22(18)25-27-23(19(2)32-25)13-15-31-21-10-7-9-20(16-21)17-28-14-6-5-12-24(28)26(29)30/h3-4,7-11,16,24H,5-6,12-15,17H2,1-2H3,(H,29,30). The number of ether oxygens (including phenoxy) is 1. The predicted octanol–water partition coefficient (Wildman–Crippen LogP) is 5.02. The van der Waals surface area contributed by atoms with E-state index in [1.165, 1.54) is 0 Å². The van der Waals surface area contributed by atoms with Crippen LogP contribution in [0, 0.1) is 13.8 Å². The van der Waals surface area contributed by atoms with E-state index in [1.54, 1.807) is 0 Å². The quantitative estimate of drug-likeness (QED) is 0.537. The van der Waals surface area contributed by atoms with Gasteiger partial charge < -0.3 is 14.3 Å². The molecule has 6 nitrogen and oxygen atoms in total. The third-order valence-corrected chi connectivity index (χ3v) is 6.06. The summed E-state index contributed by atoms with van der Waals surface area (Å²) in [6.07, 6.45) is 3.39. The summed E-state index contributed by atoms with van der Waals surface area (Å²) >= 11 is 0. The molecule has 1 aromatic heterocycles. The number of aliphatic carboxylic acids is 1. The topological polar surface area (TPSA) is 75.8 Å². The molecule has 4 rings (SSSR count). The maximum atomic E-state index is 11.6. The van der Waals surface area contributed by atoms with Crippen molar-refractivity contribution in [1.82, 2.24) is 9.88 Å². The molecule has 0 radical (unpaired) electrons. The van der Waals surface area contributed by atoms with Gasteiger partial charge in [-0.1, -0.05) is 36.8 Å². The van der Waals surface area contributed by atoms with Gasteiger partial charge in [-0.05, 0) is 62.6 Å². The molecule has 1 atom stereocenters. The lowest BCUT2D eigenvalue weighted by Gasteiger charge is -2.32. The van der Waals surface area contributed by atoms with Crippen LogP contribution < -0.4 is 4.74 Å². The van der Waals surface area contributed by atoms with Crippen LogP contribution in [0.5, 0.6) is 5.75 Å². The predicted molar refractivity (Wildman–Crippen MR) is 123 cm³/mol. The molecule has 0 spiro atoms. The van der Waals surface area contributed by atoms with Gasteiger partial charge in [0.05, 0.1) is 12.3 Å². The van der Waals surface area contributed by atoms with Gasteiger partial charge in [0.25, 0.3) is 0 Å². The molecule has 0 saturated carbocycles. The molecule has 0 aliphatic carbocycles. The first-order valence-electron chi connectivity index (χ1n) is 11.2. The number of aryl methyl sites for hydroxylation is 2. The largest absolute Gasteiger partial charge is 0.493 e. The lowest BCUT2D eigenvalue weighted by molar-refractivity contribution is -0.144. The number of benzene rings is 2. The summed E-state index contributed by atoms with van der Waals surface area (Å²) < 4.78 is 11.9. The van der Waals surface area contributed by atoms with Gasteiger partial charge in [-0.25, -0.2) is 4.98 Å². The van der Waals surface area contributed by atoms with E-state index in [0.29, 0.717) is 31.9 Å². The summed E-state index contributed by atoms with van der Waals surface area (Å²) in [6, 6.07) is 15.6. The molecule has 32 heavy (non-hydrogen) atoms. The fraction of sp³-hybridized carbons (Fsp3) is 0.385. The van der Waals surface area contributed by atoms with E-state index in [9.17, 15) is 9.90 Å². The molecule has 3 aromatic rings. The molecule has 1 aliphatic rings. The molecule has 168 valence electrons. The van der Waals surface area contributed by atoms with Crippen molar-refractivity contribution in [2.75, 3.05) is 13.2 Å². The Bertz CT molecular complexity index is 1080. The molecule has 0 bridgehead atoms. The number of hydrogen-bond donors (Lipinski definition) is 1. The van der Waals surface area contributed by atoms with Gasteiger partial charge in [0, 0.05) is 18.5 Å². The van der Waals surface area contributed by atoms with Crippen LogP contribution in [0.3, 0.4) is 0 Å². The Morgan fingerprint density at radius 3 is 2.84 bits per heavy atom. The first-order chi connectivity index (χ1) is 15.5. The second-order valence-corrected chi connectivity index (χ2v) is 8.40. The zero-order chi connectivity index (χ0) is 22.5. The Morgan fingerprint density at radius 2 is 2.03 bits per heavy atom. The minimum atomic E-state index is -0.731. The van der Waals surface area contributed by atoms with Crippen LogP contribution in [-0.4, -0.2) is 40.2 Å². The highest BCUT2D eigenvalue weighted by molar-refractivity contribution is 5.73. The lowest BCUT2D eigenvalue weighted by atomic mass is 10.0. The molecule has 2 heterocycles. The summed E-state index contributed by atoms with van der Waals surface area (Å²) in [5.74, 6) is 1.51. The van der Waals surface area contributed by atoms with Crippen molar-refractivity contribution in [3.8, 4) is 17.2 Å². The zero-order valence-corrected chi connectivity index (χ0v) is 18.7. The fourth-order valence-corrected chi connectivity index (χ4v) is 4.28. The number of piperidine rings is 1. The highest BCUT2D eigenvalue weighted by atomic mass is 16.5. The number of carbonyl (C=O) groups is 1. The molecule has 0 amide bonds. The molecule has 2 aromatic carbocycles. The minimum absolute atomic E-state index is 0.397. The van der Waals surface area contributed by atoms with Gasteiger partial charge in [0.1, 0.15) is 17.6 Å². The van der Waals surface area contributed by atoms with Gasteiger partial charge in [0.15, 0.2) is 0 Å². The maximum Gasteiger partial charge on any atom is 0.320 e. The monoisotopic (exact) mass is 434 g/mol. The summed E-state index contributed by atoms with van der Waals surface area (Å²) in [7, 11) is 0. The smallest absolute Gasteiger partial charge is 0.320 e. The van der Waals surface area contributed by atoms with Crippen molar-refractivity contribution in [2.45, 2.75) is 52.1 Å². The van der Waals surface area contributed by atoms with Crippen LogP contribution in [0.1, 0.15) is 41.8 Å². The van der Waals surface area contributed by atoms with Crippen LogP contribution >= 0.6 is 0 Å². The second kappa shape index (κ2) is 10.0. The number of carboxylic acids is 1. The third-order valence-electron chi connectivity index (χ3n) is 6.06. The van der Waals surface area contributed by atoms with Crippen molar-refractivity contribution in [3.63, 3.8) is 0 Å². The van der Waals surface area contributed by atoms with Crippen molar-refractivity contribution < 1.29 is 19.1 Å². The number of rotatable bonds is 8. The molecular weight excluding hydrogens is 404 g/mol. The highest BCUT2D eigenvalue weighted by Gasteiger charge is 2.28. The van der Waals surface area contributed by atoms with Gasteiger partial charge in [-0.15, -0.1) is 0 Å². The summed E-state index contributed by atoms with van der Waals surface area (Å²) in [5, 5.41) is 9.50. The minimum Gasteiger partial charge on any atom is -0.493 e. The van der Waals surface area contributed by atoms with E-state index in [-0.39, 0.29) is 0 Å². The van der Waals surface area contributed by atoms with Crippen LogP contribution in [0.4, 0.5) is 0 Å². The van der Waals surface area contributed by atoms with Gasteiger partial charge >= 0.3 is 5.97 Å². The molecule has 1 aliphatic heterocycles. The van der Waals surface area contributed by atoms with Gasteiger partial charge in [-0.2, -0.15) is 0 Å². The Kier molecular flexibility index (Phi) is 6.90. The first-order valence-corrected chi connectivity index (χ1v) is 11.2. The van der Waals surface area contributed by atoms with Crippen molar-refractivity contribution >= 4 is 5.97 Å². The normalized spacial score (nSPS) is 16.8. The van der Waals surface area contributed by atoms with Crippen LogP contribution in [0.15, 0.2) is 52.9 Å². The van der Waals surface area contributed by atoms with Crippen molar-refractivity contribution in [3.05, 3.63) is 71.1 Å². The second-order valence-electron chi connectivity index (χ2n) is 8.40. The Hall–Kier alpha value is -3.12.